The predicted octanol–water partition coefficient (Wildman–Crippen LogP) is 4.73. The van der Waals surface area contributed by atoms with Crippen molar-refractivity contribution in [3.63, 3.8) is 0 Å². The lowest BCUT2D eigenvalue weighted by atomic mass is 9.98. The highest BCUT2D eigenvalue weighted by atomic mass is 35.5. The molecule has 1 aromatic carbocycles. The lowest BCUT2D eigenvalue weighted by Gasteiger charge is -2.15. The smallest absolute Gasteiger partial charge is 0.213 e. The number of nitrogens with zero attached hydrogens (tertiary/aromatic N) is 5. The van der Waals surface area contributed by atoms with Gasteiger partial charge in [0.1, 0.15) is 40.2 Å². The van der Waals surface area contributed by atoms with E-state index in [1.54, 1.807) is 12.1 Å². The Hall–Kier alpha value is -3.71. The zero-order chi connectivity index (χ0) is 26.9. The number of thiazole rings is 1. The highest BCUT2D eigenvalue weighted by molar-refractivity contribution is 7.98. The monoisotopic (exact) mass is 564 g/mol. The van der Waals surface area contributed by atoms with Crippen molar-refractivity contribution in [2.75, 3.05) is 31.7 Å². The molecule has 0 bridgehead atoms. The first-order valence-electron chi connectivity index (χ1n) is 11.3. The largest absolute Gasteiger partial charge is 0.475 e. The summed E-state index contributed by atoms with van der Waals surface area (Å²) in [5.74, 6) is 1.02. The highest BCUT2D eigenvalue weighted by Gasteiger charge is 2.22. The summed E-state index contributed by atoms with van der Waals surface area (Å²) >= 11 is 8.83. The standard InChI is InChI=1S/C26H21ClN6O3S2/c27-18-4-1-16(2-5-18)25-32-19(14-37-25)15-38-26-21(12-29)23(20(11-28)24(33-26)30-7-8-34)17-3-6-22(31-13-17)36-10-9-35/h1-6,13-14,34-35H,7-10,15H2,(H,30,33). The van der Waals surface area contributed by atoms with Crippen molar-refractivity contribution in [2.24, 2.45) is 0 Å². The number of aromatic nitrogens is 3. The van der Waals surface area contributed by atoms with Crippen LogP contribution in [-0.4, -0.2) is 51.5 Å². The number of nitrogens with one attached hydrogen (secondary N) is 1. The van der Waals surface area contributed by atoms with Gasteiger partial charge in [-0.05, 0) is 18.2 Å². The summed E-state index contributed by atoms with van der Waals surface area (Å²) in [6, 6.07) is 15.1. The molecule has 0 amide bonds. The molecule has 0 fully saturated rings. The molecule has 192 valence electrons. The van der Waals surface area contributed by atoms with Crippen molar-refractivity contribution in [2.45, 2.75) is 10.8 Å². The third kappa shape index (κ3) is 6.40. The Balaban J connectivity index is 1.69. The minimum absolute atomic E-state index is 0.0981. The number of halogens is 1. The summed E-state index contributed by atoms with van der Waals surface area (Å²) in [4.78, 5) is 13.5. The fourth-order valence-corrected chi connectivity index (χ4v) is 5.41. The summed E-state index contributed by atoms with van der Waals surface area (Å²) in [5.41, 5.74) is 3.10. The number of hydrogen-bond acceptors (Lipinski definition) is 11. The van der Waals surface area contributed by atoms with Crippen LogP contribution in [0.4, 0.5) is 5.82 Å². The minimum atomic E-state index is -0.158. The number of aliphatic hydroxyl groups excluding tert-OH is 2. The topological polar surface area (TPSA) is 148 Å². The van der Waals surface area contributed by atoms with Crippen LogP contribution in [0.3, 0.4) is 0 Å². The van der Waals surface area contributed by atoms with Gasteiger partial charge in [0.25, 0.3) is 0 Å². The van der Waals surface area contributed by atoms with Gasteiger partial charge in [0.2, 0.25) is 5.88 Å². The van der Waals surface area contributed by atoms with Crippen LogP contribution in [-0.2, 0) is 5.75 Å². The molecule has 0 radical (unpaired) electrons. The molecule has 3 aromatic heterocycles. The van der Waals surface area contributed by atoms with E-state index < -0.39 is 0 Å². The molecule has 0 atom stereocenters. The first-order valence-corrected chi connectivity index (χ1v) is 13.6. The number of benzene rings is 1. The van der Waals surface area contributed by atoms with E-state index in [-0.39, 0.29) is 43.3 Å². The summed E-state index contributed by atoms with van der Waals surface area (Å²) in [6.45, 7) is -0.0264. The molecule has 0 unspecified atom stereocenters. The van der Waals surface area contributed by atoms with E-state index in [2.05, 4.69) is 27.4 Å². The van der Waals surface area contributed by atoms with Crippen LogP contribution < -0.4 is 10.1 Å². The molecular formula is C26H21ClN6O3S2. The molecular weight excluding hydrogens is 544 g/mol. The number of thioether (sulfide) groups is 1. The van der Waals surface area contributed by atoms with Gasteiger partial charge < -0.3 is 20.3 Å². The molecule has 4 rings (SSSR count). The van der Waals surface area contributed by atoms with Gasteiger partial charge in [-0.2, -0.15) is 10.5 Å². The number of anilines is 1. The lowest BCUT2D eigenvalue weighted by Crippen LogP contribution is -2.11. The molecule has 0 saturated heterocycles. The summed E-state index contributed by atoms with van der Waals surface area (Å²) < 4.78 is 5.33. The summed E-state index contributed by atoms with van der Waals surface area (Å²) in [6.07, 6.45) is 1.51. The van der Waals surface area contributed by atoms with Gasteiger partial charge in [-0.3, -0.25) is 0 Å². The van der Waals surface area contributed by atoms with Gasteiger partial charge >= 0.3 is 0 Å². The zero-order valence-electron chi connectivity index (χ0n) is 19.9. The molecule has 3 heterocycles. The van der Waals surface area contributed by atoms with Crippen LogP contribution in [0.5, 0.6) is 5.88 Å². The Morgan fingerprint density at radius 1 is 1.00 bits per heavy atom. The molecule has 38 heavy (non-hydrogen) atoms. The van der Waals surface area contributed by atoms with Crippen molar-refractivity contribution < 1.29 is 14.9 Å². The highest BCUT2D eigenvalue weighted by Crippen LogP contribution is 2.38. The molecule has 12 heteroatoms. The molecule has 0 spiro atoms. The number of hydrogen-bond donors (Lipinski definition) is 3. The maximum absolute atomic E-state index is 10.1. The SMILES string of the molecule is N#Cc1c(NCCO)nc(SCc2csc(-c3ccc(Cl)cc3)n2)c(C#N)c1-c1ccc(OCCO)nc1. The fourth-order valence-electron chi connectivity index (χ4n) is 3.48. The third-order valence-electron chi connectivity index (χ3n) is 5.16. The van der Waals surface area contributed by atoms with Gasteiger partial charge in [-0.25, -0.2) is 15.0 Å². The van der Waals surface area contributed by atoms with Gasteiger partial charge in [0, 0.05) is 51.7 Å². The third-order valence-corrected chi connectivity index (χ3v) is 7.36. The van der Waals surface area contributed by atoms with Crippen LogP contribution in [0.1, 0.15) is 16.8 Å². The van der Waals surface area contributed by atoms with Crippen LogP contribution >= 0.6 is 34.7 Å². The second-order valence-corrected chi connectivity index (χ2v) is 9.92. The molecule has 0 saturated carbocycles. The average Bonchev–Trinajstić information content (AvgIpc) is 3.43. The van der Waals surface area contributed by atoms with Crippen molar-refractivity contribution in [3.05, 3.63) is 69.8 Å². The predicted molar refractivity (Wildman–Crippen MR) is 147 cm³/mol. The van der Waals surface area contributed by atoms with Gasteiger partial charge in [0.15, 0.2) is 0 Å². The first-order chi connectivity index (χ1) is 18.6. The second kappa shape index (κ2) is 13.2. The van der Waals surface area contributed by atoms with Crippen LogP contribution in [0.25, 0.3) is 21.7 Å². The molecule has 0 aliphatic heterocycles. The molecule has 0 aliphatic rings. The van der Waals surface area contributed by atoms with Crippen molar-refractivity contribution >= 4 is 40.5 Å². The van der Waals surface area contributed by atoms with E-state index in [1.165, 1.54) is 29.3 Å². The van der Waals surface area contributed by atoms with Crippen molar-refractivity contribution in [1.82, 2.24) is 15.0 Å². The fraction of sp³-hybridized carbons (Fsp3) is 0.192. The molecule has 0 aliphatic carbocycles. The Morgan fingerprint density at radius 3 is 2.42 bits per heavy atom. The number of nitriles is 2. The quantitative estimate of drug-likeness (QED) is 0.218. The van der Waals surface area contributed by atoms with E-state index in [1.807, 2.05) is 29.6 Å². The Morgan fingerprint density at radius 2 is 1.76 bits per heavy atom. The maximum atomic E-state index is 10.1. The number of ether oxygens (including phenoxy) is 1. The normalized spacial score (nSPS) is 10.6. The molecule has 9 nitrogen and oxygen atoms in total. The van der Waals surface area contributed by atoms with E-state index in [9.17, 15) is 15.6 Å². The Kier molecular flexibility index (Phi) is 9.49. The Labute approximate surface area is 232 Å². The van der Waals surface area contributed by atoms with Crippen LogP contribution in [0.15, 0.2) is 53.0 Å². The minimum Gasteiger partial charge on any atom is -0.475 e. The van der Waals surface area contributed by atoms with Crippen molar-refractivity contribution in [3.8, 4) is 39.7 Å². The van der Waals surface area contributed by atoms with Crippen LogP contribution in [0.2, 0.25) is 5.02 Å². The van der Waals surface area contributed by atoms with Gasteiger partial charge in [0.05, 0.1) is 24.5 Å². The number of rotatable bonds is 11. The van der Waals surface area contributed by atoms with E-state index in [0.29, 0.717) is 32.8 Å². The average molecular weight is 565 g/mol. The zero-order valence-corrected chi connectivity index (χ0v) is 22.3. The van der Waals surface area contributed by atoms with Crippen LogP contribution in [0, 0.1) is 22.7 Å². The lowest BCUT2D eigenvalue weighted by molar-refractivity contribution is 0.196. The van der Waals surface area contributed by atoms with E-state index in [0.717, 1.165) is 16.3 Å². The number of aliphatic hydroxyl groups is 2. The van der Waals surface area contributed by atoms with E-state index >= 15 is 0 Å². The molecule has 3 N–H and O–H groups in total. The van der Waals surface area contributed by atoms with Gasteiger partial charge in [-0.15, -0.1) is 11.3 Å². The van der Waals surface area contributed by atoms with Crippen molar-refractivity contribution in [1.29, 1.82) is 10.5 Å². The Bertz CT molecular complexity index is 1480. The first kappa shape index (κ1) is 27.3. The number of pyridine rings is 2. The second-order valence-electron chi connectivity index (χ2n) is 7.66. The molecule has 4 aromatic rings. The maximum Gasteiger partial charge on any atom is 0.213 e. The summed E-state index contributed by atoms with van der Waals surface area (Å²) in [5, 5.41) is 45.2. The van der Waals surface area contributed by atoms with E-state index in [4.69, 9.17) is 26.4 Å². The summed E-state index contributed by atoms with van der Waals surface area (Å²) in [7, 11) is 0. The van der Waals surface area contributed by atoms with Gasteiger partial charge in [-0.1, -0.05) is 35.5 Å².